The number of ether oxygens (including phenoxy) is 1. The van der Waals surface area contributed by atoms with Crippen LogP contribution in [-0.4, -0.2) is 11.5 Å². The van der Waals surface area contributed by atoms with Gasteiger partial charge in [0.2, 0.25) is 5.75 Å². The van der Waals surface area contributed by atoms with Gasteiger partial charge in [-0.05, 0) is 35.1 Å². The van der Waals surface area contributed by atoms with E-state index in [-0.39, 0.29) is 17.0 Å². The smallest absolute Gasteiger partial charge is 0.313 e. The summed E-state index contributed by atoms with van der Waals surface area (Å²) in [6.45, 7) is 0.312. The van der Waals surface area contributed by atoms with Gasteiger partial charge in [0.05, 0.1) is 26.7 Å². The first kappa shape index (κ1) is 14.3. The van der Waals surface area contributed by atoms with Crippen LogP contribution < -0.4 is 4.74 Å². The number of nitriles is 1. The predicted octanol–water partition coefficient (Wildman–Crippen LogP) is 2.86. The molecule has 0 aliphatic rings. The van der Waals surface area contributed by atoms with Crippen molar-refractivity contribution >= 4 is 28.3 Å². The van der Waals surface area contributed by atoms with Gasteiger partial charge in [0, 0.05) is 12.5 Å². The molecule has 0 saturated heterocycles. The lowest BCUT2D eigenvalue weighted by Gasteiger charge is -2.08. The monoisotopic (exact) mass is 356 g/mol. The Morgan fingerprint density at radius 1 is 1.56 bits per heavy atom. The fourth-order valence-electron chi connectivity index (χ4n) is 1.27. The summed E-state index contributed by atoms with van der Waals surface area (Å²) in [7, 11) is 0. The molecule has 0 bridgehead atoms. The highest BCUT2D eigenvalue weighted by Gasteiger charge is 2.20. The van der Waals surface area contributed by atoms with E-state index in [1.165, 1.54) is 6.07 Å². The topological polar surface area (TPSA) is 76.2 Å². The van der Waals surface area contributed by atoms with Crippen LogP contribution in [0.15, 0.2) is 12.1 Å². The van der Waals surface area contributed by atoms with E-state index in [2.05, 4.69) is 5.92 Å². The van der Waals surface area contributed by atoms with E-state index in [1.54, 1.807) is 6.07 Å². The Morgan fingerprint density at radius 2 is 2.28 bits per heavy atom. The Balaban J connectivity index is 2.99. The van der Waals surface area contributed by atoms with Gasteiger partial charge in [-0.25, -0.2) is 0 Å². The van der Waals surface area contributed by atoms with E-state index in [0.29, 0.717) is 23.0 Å². The number of nitro benzene ring substituents is 1. The normalized spacial score (nSPS) is 9.28. The Hall–Kier alpha value is -1.80. The van der Waals surface area contributed by atoms with Gasteiger partial charge in [-0.2, -0.15) is 5.26 Å². The minimum Gasteiger partial charge on any atom is -0.486 e. The summed E-state index contributed by atoms with van der Waals surface area (Å²) in [6, 6.07) is 4.63. The first-order valence-corrected chi connectivity index (χ1v) is 6.12. The van der Waals surface area contributed by atoms with Gasteiger partial charge < -0.3 is 4.74 Å². The van der Waals surface area contributed by atoms with Crippen molar-refractivity contribution < 1.29 is 9.66 Å². The van der Waals surface area contributed by atoms with E-state index in [4.69, 9.17) is 16.4 Å². The van der Waals surface area contributed by atoms with Gasteiger partial charge in [-0.3, -0.25) is 10.1 Å². The number of halogens is 1. The molecule has 0 unspecified atom stereocenters. The van der Waals surface area contributed by atoms with Crippen LogP contribution in [0.25, 0.3) is 0 Å². The third kappa shape index (κ3) is 3.60. The molecule has 5 nitrogen and oxygen atoms in total. The van der Waals surface area contributed by atoms with Crippen LogP contribution in [0.1, 0.15) is 18.4 Å². The van der Waals surface area contributed by atoms with Crippen LogP contribution in [0.4, 0.5) is 5.69 Å². The van der Waals surface area contributed by atoms with E-state index in [0.717, 1.165) is 0 Å². The number of unbranched alkanes of at least 4 members (excludes halogenated alkanes) is 1. The minimum absolute atomic E-state index is 0.191. The van der Waals surface area contributed by atoms with Gasteiger partial charge in [-0.1, -0.05) is 0 Å². The molecule has 0 aliphatic carbocycles. The maximum atomic E-state index is 10.9. The van der Waals surface area contributed by atoms with E-state index in [9.17, 15) is 10.1 Å². The average Bonchev–Trinajstić information content (AvgIpc) is 2.35. The van der Waals surface area contributed by atoms with Gasteiger partial charge in [0.15, 0.2) is 0 Å². The molecule has 0 spiro atoms. The lowest BCUT2D eigenvalue weighted by atomic mass is 10.2. The quantitative estimate of drug-likeness (QED) is 0.267. The van der Waals surface area contributed by atoms with Crippen LogP contribution in [0.2, 0.25) is 0 Å². The second kappa shape index (κ2) is 6.82. The number of nitrogens with zero attached hydrogens (tertiary/aromatic N) is 2. The number of hydrogen-bond acceptors (Lipinski definition) is 4. The molecular weight excluding hydrogens is 347 g/mol. The zero-order chi connectivity index (χ0) is 13.5. The van der Waals surface area contributed by atoms with Crippen molar-refractivity contribution in [2.24, 2.45) is 0 Å². The third-order valence-corrected chi connectivity index (χ3v) is 2.86. The molecule has 0 radical (unpaired) electrons. The SMILES string of the molecule is C#CCCCOc1c(I)cc(C#N)cc1[N+](=O)[O-]. The molecule has 0 saturated carbocycles. The van der Waals surface area contributed by atoms with Gasteiger partial charge in [-0.15, -0.1) is 12.3 Å². The first-order chi connectivity index (χ1) is 8.60. The van der Waals surface area contributed by atoms with Crippen LogP contribution >= 0.6 is 22.6 Å². The number of nitro groups is 1. The zero-order valence-corrected chi connectivity index (χ0v) is 11.5. The third-order valence-electron chi connectivity index (χ3n) is 2.06. The van der Waals surface area contributed by atoms with Gasteiger partial charge in [0.1, 0.15) is 0 Å². The molecule has 6 heteroatoms. The largest absolute Gasteiger partial charge is 0.486 e. The second-order valence-electron chi connectivity index (χ2n) is 3.33. The molecule has 0 heterocycles. The maximum Gasteiger partial charge on any atom is 0.313 e. The first-order valence-electron chi connectivity index (χ1n) is 5.04. The number of hydrogen-bond donors (Lipinski definition) is 0. The molecule has 0 N–H and O–H groups in total. The number of terminal acetylenes is 1. The molecule has 0 atom stereocenters. The van der Waals surface area contributed by atoms with Crippen molar-refractivity contribution in [3.8, 4) is 24.2 Å². The summed E-state index contributed by atoms with van der Waals surface area (Å²) in [5.74, 6) is 2.66. The predicted molar refractivity (Wildman–Crippen MR) is 74.1 cm³/mol. The van der Waals surface area contributed by atoms with Crippen LogP contribution in [0, 0.1) is 37.4 Å². The summed E-state index contributed by atoms with van der Waals surface area (Å²) in [5, 5.41) is 19.7. The molecule has 0 aromatic heterocycles. The summed E-state index contributed by atoms with van der Waals surface area (Å²) < 4.78 is 5.92. The van der Waals surface area contributed by atoms with Crippen LogP contribution in [0.5, 0.6) is 5.75 Å². The lowest BCUT2D eigenvalue weighted by Crippen LogP contribution is -2.02. The summed E-state index contributed by atoms with van der Waals surface area (Å²) >= 11 is 1.91. The Morgan fingerprint density at radius 3 is 2.83 bits per heavy atom. The van der Waals surface area contributed by atoms with Crippen LogP contribution in [0.3, 0.4) is 0 Å². The van der Waals surface area contributed by atoms with Crippen molar-refractivity contribution in [2.45, 2.75) is 12.8 Å². The molecule has 1 rings (SSSR count). The molecule has 92 valence electrons. The summed E-state index contributed by atoms with van der Waals surface area (Å²) in [6.07, 6.45) is 6.29. The van der Waals surface area contributed by atoms with E-state index < -0.39 is 4.92 Å². The number of rotatable bonds is 5. The Kier molecular flexibility index (Phi) is 5.40. The van der Waals surface area contributed by atoms with Crippen molar-refractivity contribution in [1.29, 1.82) is 5.26 Å². The molecule has 18 heavy (non-hydrogen) atoms. The molecule has 1 aromatic carbocycles. The minimum atomic E-state index is -0.556. The molecule has 0 fully saturated rings. The Bertz CT molecular complexity index is 543. The van der Waals surface area contributed by atoms with E-state index in [1.807, 2.05) is 28.7 Å². The van der Waals surface area contributed by atoms with Crippen LogP contribution in [-0.2, 0) is 0 Å². The molecule has 0 aliphatic heterocycles. The Labute approximate surface area is 118 Å². The molecular formula is C12H9IN2O3. The highest BCUT2D eigenvalue weighted by molar-refractivity contribution is 14.1. The highest BCUT2D eigenvalue weighted by atomic mass is 127. The highest BCUT2D eigenvalue weighted by Crippen LogP contribution is 2.33. The molecule has 1 aromatic rings. The standard InChI is InChI=1S/C12H9IN2O3/c1-2-3-4-5-18-12-10(13)6-9(8-14)7-11(12)15(16)17/h1,6-7H,3-5H2. The average molecular weight is 356 g/mol. The molecule has 0 amide bonds. The summed E-state index contributed by atoms with van der Waals surface area (Å²) in [5.41, 5.74) is 0.0428. The summed E-state index contributed by atoms with van der Waals surface area (Å²) in [4.78, 5) is 10.4. The zero-order valence-electron chi connectivity index (χ0n) is 9.35. The van der Waals surface area contributed by atoms with Crippen molar-refractivity contribution in [1.82, 2.24) is 0 Å². The van der Waals surface area contributed by atoms with Crippen molar-refractivity contribution in [3.05, 3.63) is 31.4 Å². The van der Waals surface area contributed by atoms with Gasteiger partial charge in [0.25, 0.3) is 0 Å². The van der Waals surface area contributed by atoms with Gasteiger partial charge >= 0.3 is 5.69 Å². The maximum absolute atomic E-state index is 10.9. The van der Waals surface area contributed by atoms with E-state index >= 15 is 0 Å². The fraction of sp³-hybridized carbons (Fsp3) is 0.250. The second-order valence-corrected chi connectivity index (χ2v) is 4.49. The van der Waals surface area contributed by atoms with Crippen molar-refractivity contribution in [3.63, 3.8) is 0 Å². The van der Waals surface area contributed by atoms with Crippen molar-refractivity contribution in [2.75, 3.05) is 6.61 Å². The number of benzene rings is 1. The fourth-order valence-corrected chi connectivity index (χ4v) is 2.04. The lowest BCUT2D eigenvalue weighted by molar-refractivity contribution is -0.386.